The summed E-state index contributed by atoms with van der Waals surface area (Å²) in [6.07, 6.45) is -4.54. The van der Waals surface area contributed by atoms with Gasteiger partial charge in [0.1, 0.15) is 10.8 Å². The highest BCUT2D eigenvalue weighted by atomic mass is 32.1. The molecule has 0 aliphatic rings. The Bertz CT molecular complexity index is 634. The van der Waals surface area contributed by atoms with E-state index in [-0.39, 0.29) is 22.0 Å². The third-order valence-corrected chi connectivity index (χ3v) is 3.95. The summed E-state index contributed by atoms with van der Waals surface area (Å²) >= 11 is 0.866. The third-order valence-electron chi connectivity index (χ3n) is 2.86. The Labute approximate surface area is 123 Å². The van der Waals surface area contributed by atoms with Crippen molar-refractivity contribution in [1.82, 2.24) is 10.3 Å². The van der Waals surface area contributed by atoms with Crippen molar-refractivity contribution in [1.29, 1.82) is 0 Å². The minimum Gasteiger partial charge on any atom is -0.312 e. The molecule has 0 aliphatic heterocycles. The van der Waals surface area contributed by atoms with E-state index in [4.69, 9.17) is 0 Å². The van der Waals surface area contributed by atoms with E-state index in [1.54, 1.807) is 19.9 Å². The molecular formula is C14H14F4N2S. The highest BCUT2D eigenvalue weighted by Crippen LogP contribution is 2.38. The second-order valence-electron chi connectivity index (χ2n) is 4.55. The fraction of sp³-hybridized carbons (Fsp3) is 0.357. The highest BCUT2D eigenvalue weighted by Gasteiger charge is 2.37. The molecule has 21 heavy (non-hydrogen) atoms. The Kier molecular flexibility index (Phi) is 4.63. The van der Waals surface area contributed by atoms with Crippen molar-refractivity contribution in [3.8, 4) is 10.6 Å². The van der Waals surface area contributed by atoms with Gasteiger partial charge in [-0.15, -0.1) is 11.3 Å². The summed E-state index contributed by atoms with van der Waals surface area (Å²) in [6.45, 7) is 4.13. The standard InChI is InChI=1S/C14H14F4N2S/c1-3-19-7-11-12(14(16,17)18)20-13(21-11)9-5-4-8(2)6-10(9)15/h4-6,19H,3,7H2,1-2H3. The monoisotopic (exact) mass is 318 g/mol. The quantitative estimate of drug-likeness (QED) is 0.846. The summed E-state index contributed by atoms with van der Waals surface area (Å²) in [5, 5.41) is 2.89. The lowest BCUT2D eigenvalue weighted by atomic mass is 10.1. The number of alkyl halides is 3. The van der Waals surface area contributed by atoms with Gasteiger partial charge in [0.05, 0.1) is 4.88 Å². The lowest BCUT2D eigenvalue weighted by molar-refractivity contribution is -0.141. The van der Waals surface area contributed by atoms with Gasteiger partial charge in [0.25, 0.3) is 0 Å². The Balaban J connectivity index is 2.47. The van der Waals surface area contributed by atoms with Crippen molar-refractivity contribution in [3.63, 3.8) is 0 Å². The minimum absolute atomic E-state index is 0.0488. The third kappa shape index (κ3) is 3.59. The van der Waals surface area contributed by atoms with Crippen LogP contribution in [0.25, 0.3) is 10.6 Å². The molecule has 0 atom stereocenters. The lowest BCUT2D eigenvalue weighted by Gasteiger charge is -2.05. The number of aromatic nitrogens is 1. The normalized spacial score (nSPS) is 11.9. The number of hydrogen-bond donors (Lipinski definition) is 1. The molecule has 0 aliphatic carbocycles. The molecule has 2 rings (SSSR count). The van der Waals surface area contributed by atoms with E-state index in [0.29, 0.717) is 12.1 Å². The molecule has 2 nitrogen and oxygen atoms in total. The van der Waals surface area contributed by atoms with Crippen LogP contribution in [-0.2, 0) is 12.7 Å². The van der Waals surface area contributed by atoms with Gasteiger partial charge in [-0.3, -0.25) is 0 Å². The van der Waals surface area contributed by atoms with Crippen LogP contribution in [0, 0.1) is 12.7 Å². The molecule has 0 radical (unpaired) electrons. The first-order valence-electron chi connectivity index (χ1n) is 6.37. The van der Waals surface area contributed by atoms with Gasteiger partial charge < -0.3 is 5.32 Å². The van der Waals surface area contributed by atoms with Gasteiger partial charge in [-0.05, 0) is 31.2 Å². The summed E-state index contributed by atoms with van der Waals surface area (Å²) in [6, 6.07) is 4.39. The van der Waals surface area contributed by atoms with E-state index in [1.807, 2.05) is 0 Å². The van der Waals surface area contributed by atoms with Gasteiger partial charge in [0, 0.05) is 12.1 Å². The zero-order valence-corrected chi connectivity index (χ0v) is 12.3. The number of benzene rings is 1. The molecule has 1 aromatic carbocycles. The number of nitrogens with zero attached hydrogens (tertiary/aromatic N) is 1. The zero-order valence-electron chi connectivity index (χ0n) is 11.5. The van der Waals surface area contributed by atoms with Gasteiger partial charge in [0.15, 0.2) is 5.69 Å². The molecule has 0 saturated heterocycles. The molecule has 0 amide bonds. The molecular weight excluding hydrogens is 304 g/mol. The first-order valence-corrected chi connectivity index (χ1v) is 7.18. The molecule has 2 aromatic rings. The maximum Gasteiger partial charge on any atom is 0.434 e. The number of aryl methyl sites for hydroxylation is 1. The second-order valence-corrected chi connectivity index (χ2v) is 5.64. The molecule has 114 valence electrons. The van der Waals surface area contributed by atoms with E-state index in [9.17, 15) is 17.6 Å². The van der Waals surface area contributed by atoms with Crippen LogP contribution in [0.15, 0.2) is 18.2 Å². The average Bonchev–Trinajstić information content (AvgIpc) is 2.80. The van der Waals surface area contributed by atoms with Gasteiger partial charge in [-0.1, -0.05) is 13.0 Å². The van der Waals surface area contributed by atoms with E-state index < -0.39 is 17.7 Å². The summed E-state index contributed by atoms with van der Waals surface area (Å²) in [4.78, 5) is 3.68. The van der Waals surface area contributed by atoms with Gasteiger partial charge in [-0.25, -0.2) is 9.37 Å². The van der Waals surface area contributed by atoms with Crippen LogP contribution in [-0.4, -0.2) is 11.5 Å². The van der Waals surface area contributed by atoms with Crippen molar-refractivity contribution in [2.45, 2.75) is 26.6 Å². The zero-order chi connectivity index (χ0) is 15.6. The molecule has 1 heterocycles. The SMILES string of the molecule is CCNCc1sc(-c2ccc(C)cc2F)nc1C(F)(F)F. The summed E-state index contributed by atoms with van der Waals surface area (Å²) in [5.74, 6) is -0.563. The highest BCUT2D eigenvalue weighted by molar-refractivity contribution is 7.15. The summed E-state index contributed by atoms with van der Waals surface area (Å²) in [7, 11) is 0. The maximum absolute atomic E-state index is 13.9. The molecule has 0 bridgehead atoms. The first-order chi connectivity index (χ1) is 9.82. The summed E-state index contributed by atoms with van der Waals surface area (Å²) < 4.78 is 52.9. The van der Waals surface area contributed by atoms with Crippen LogP contribution in [0.2, 0.25) is 0 Å². The van der Waals surface area contributed by atoms with Gasteiger partial charge in [0.2, 0.25) is 0 Å². The first kappa shape index (κ1) is 15.9. The van der Waals surface area contributed by atoms with Crippen LogP contribution in [0.3, 0.4) is 0 Å². The molecule has 1 N–H and O–H groups in total. The van der Waals surface area contributed by atoms with E-state index >= 15 is 0 Å². The topological polar surface area (TPSA) is 24.9 Å². The van der Waals surface area contributed by atoms with Crippen LogP contribution >= 0.6 is 11.3 Å². The molecule has 7 heteroatoms. The van der Waals surface area contributed by atoms with E-state index in [1.165, 1.54) is 12.1 Å². The smallest absolute Gasteiger partial charge is 0.312 e. The van der Waals surface area contributed by atoms with Crippen molar-refractivity contribution in [3.05, 3.63) is 40.2 Å². The minimum atomic E-state index is -4.54. The van der Waals surface area contributed by atoms with Gasteiger partial charge >= 0.3 is 6.18 Å². The van der Waals surface area contributed by atoms with E-state index in [2.05, 4.69) is 10.3 Å². The van der Waals surface area contributed by atoms with Gasteiger partial charge in [-0.2, -0.15) is 13.2 Å². The number of halogens is 4. The molecule has 0 unspecified atom stereocenters. The van der Waals surface area contributed by atoms with E-state index in [0.717, 1.165) is 11.3 Å². The Morgan fingerprint density at radius 3 is 2.57 bits per heavy atom. The number of rotatable bonds is 4. The predicted octanol–water partition coefficient (Wildman–Crippen LogP) is 4.39. The summed E-state index contributed by atoms with van der Waals surface area (Å²) in [5.41, 5.74) is -0.140. The lowest BCUT2D eigenvalue weighted by Crippen LogP contribution is -2.15. The fourth-order valence-corrected chi connectivity index (χ4v) is 2.92. The van der Waals surface area contributed by atoms with Crippen molar-refractivity contribution >= 4 is 11.3 Å². The number of thiazole rings is 1. The van der Waals surface area contributed by atoms with Crippen LogP contribution in [0.4, 0.5) is 17.6 Å². The fourth-order valence-electron chi connectivity index (χ4n) is 1.84. The molecule has 0 saturated carbocycles. The van der Waals surface area contributed by atoms with Crippen molar-refractivity contribution in [2.24, 2.45) is 0 Å². The second kappa shape index (κ2) is 6.11. The Hall–Kier alpha value is -1.47. The van der Waals surface area contributed by atoms with Crippen molar-refractivity contribution in [2.75, 3.05) is 6.54 Å². The Morgan fingerprint density at radius 1 is 1.29 bits per heavy atom. The molecule has 0 spiro atoms. The maximum atomic E-state index is 13.9. The van der Waals surface area contributed by atoms with Crippen LogP contribution < -0.4 is 5.32 Å². The van der Waals surface area contributed by atoms with Crippen molar-refractivity contribution < 1.29 is 17.6 Å². The van der Waals surface area contributed by atoms with Crippen LogP contribution in [0.5, 0.6) is 0 Å². The average molecular weight is 318 g/mol. The largest absolute Gasteiger partial charge is 0.434 e. The number of nitrogens with one attached hydrogen (secondary N) is 1. The Morgan fingerprint density at radius 2 is 2.00 bits per heavy atom. The van der Waals surface area contributed by atoms with Crippen LogP contribution in [0.1, 0.15) is 23.1 Å². The number of hydrogen-bond acceptors (Lipinski definition) is 3. The predicted molar refractivity (Wildman–Crippen MR) is 74.6 cm³/mol. The molecule has 0 fully saturated rings. The molecule has 1 aromatic heterocycles.